The van der Waals surface area contributed by atoms with E-state index in [0.29, 0.717) is 9.35 Å². The summed E-state index contributed by atoms with van der Waals surface area (Å²) in [6.45, 7) is 1.49. The Morgan fingerprint density at radius 3 is 2.72 bits per heavy atom. The molecule has 8 heteroatoms. The van der Waals surface area contributed by atoms with Gasteiger partial charge in [-0.15, -0.1) is 11.3 Å². The van der Waals surface area contributed by atoms with Crippen molar-refractivity contribution in [3.8, 4) is 0 Å². The van der Waals surface area contributed by atoms with Crippen molar-refractivity contribution in [1.29, 1.82) is 0 Å². The summed E-state index contributed by atoms with van der Waals surface area (Å²) in [6.07, 6.45) is 0. The van der Waals surface area contributed by atoms with Gasteiger partial charge in [0.2, 0.25) is 11.8 Å². The van der Waals surface area contributed by atoms with Crippen molar-refractivity contribution < 1.29 is 14.4 Å². The second-order valence-electron chi connectivity index (χ2n) is 3.76. The molecule has 0 spiro atoms. The van der Waals surface area contributed by atoms with Gasteiger partial charge < -0.3 is 4.90 Å². The Kier molecular flexibility index (Phi) is 3.88. The average molecular weight is 396 g/mol. The SMILES string of the molecule is CC1C(=O)NC(=O)CN1C(=O)c1cc(Br)sc1Br. The summed E-state index contributed by atoms with van der Waals surface area (Å²) in [5.41, 5.74) is 0.446. The third kappa shape index (κ3) is 2.50. The van der Waals surface area contributed by atoms with Crippen LogP contribution in [0.2, 0.25) is 0 Å². The molecule has 1 atom stereocenters. The third-order valence-corrected chi connectivity index (χ3v) is 4.91. The lowest BCUT2D eigenvalue weighted by Crippen LogP contribution is -2.58. The second kappa shape index (κ2) is 5.10. The molecule has 96 valence electrons. The van der Waals surface area contributed by atoms with Crippen LogP contribution in [0.25, 0.3) is 0 Å². The normalized spacial score (nSPS) is 19.9. The number of piperazine rings is 1. The van der Waals surface area contributed by atoms with Crippen molar-refractivity contribution in [2.45, 2.75) is 13.0 Å². The zero-order valence-electron chi connectivity index (χ0n) is 9.20. The van der Waals surface area contributed by atoms with Crippen LogP contribution in [0.4, 0.5) is 0 Å². The van der Waals surface area contributed by atoms with Gasteiger partial charge in [0.15, 0.2) is 0 Å². The number of hydrogen-bond acceptors (Lipinski definition) is 4. The van der Waals surface area contributed by atoms with Gasteiger partial charge in [0.05, 0.1) is 13.1 Å². The fraction of sp³-hybridized carbons (Fsp3) is 0.300. The van der Waals surface area contributed by atoms with E-state index in [2.05, 4.69) is 37.2 Å². The summed E-state index contributed by atoms with van der Waals surface area (Å²) in [6, 6.07) is 1.02. The topological polar surface area (TPSA) is 66.5 Å². The highest BCUT2D eigenvalue weighted by Gasteiger charge is 2.35. The van der Waals surface area contributed by atoms with Gasteiger partial charge >= 0.3 is 0 Å². The number of imide groups is 1. The quantitative estimate of drug-likeness (QED) is 0.736. The molecule has 1 unspecified atom stereocenters. The molecular weight excluding hydrogens is 388 g/mol. The molecule has 1 N–H and O–H groups in total. The number of hydrogen-bond donors (Lipinski definition) is 1. The van der Waals surface area contributed by atoms with Crippen molar-refractivity contribution in [1.82, 2.24) is 10.2 Å². The Morgan fingerprint density at radius 2 is 2.17 bits per heavy atom. The largest absolute Gasteiger partial charge is 0.318 e. The minimum Gasteiger partial charge on any atom is -0.318 e. The van der Waals surface area contributed by atoms with E-state index < -0.39 is 17.9 Å². The molecule has 1 aliphatic rings. The monoisotopic (exact) mass is 394 g/mol. The number of rotatable bonds is 1. The number of thiophene rings is 1. The fourth-order valence-corrected chi connectivity index (χ4v) is 4.38. The lowest BCUT2D eigenvalue weighted by atomic mass is 10.1. The molecule has 1 aromatic rings. The van der Waals surface area contributed by atoms with Crippen LogP contribution in [-0.2, 0) is 9.59 Å². The smallest absolute Gasteiger partial charge is 0.257 e. The van der Waals surface area contributed by atoms with Gasteiger partial charge in [0.1, 0.15) is 12.6 Å². The molecule has 5 nitrogen and oxygen atoms in total. The fourth-order valence-electron chi connectivity index (χ4n) is 1.60. The maximum Gasteiger partial charge on any atom is 0.257 e. The minimum atomic E-state index is -0.652. The predicted molar refractivity (Wildman–Crippen MR) is 73.4 cm³/mol. The van der Waals surface area contributed by atoms with Crippen molar-refractivity contribution in [2.24, 2.45) is 0 Å². The van der Waals surface area contributed by atoms with Crippen LogP contribution in [-0.4, -0.2) is 35.2 Å². The third-order valence-electron chi connectivity index (χ3n) is 2.57. The molecule has 1 aromatic heterocycles. The first-order valence-electron chi connectivity index (χ1n) is 4.99. The Balaban J connectivity index is 2.30. The van der Waals surface area contributed by atoms with Crippen LogP contribution < -0.4 is 5.32 Å². The molecule has 1 fully saturated rings. The molecule has 1 saturated heterocycles. The standard InChI is InChI=1S/C10H8Br2N2O3S/c1-4-9(16)13-7(15)3-14(4)10(17)5-2-6(11)18-8(5)12/h2,4H,3H2,1H3,(H,13,15,16). The van der Waals surface area contributed by atoms with Gasteiger partial charge in [0, 0.05) is 0 Å². The van der Waals surface area contributed by atoms with Crippen LogP contribution in [0.5, 0.6) is 0 Å². The Labute approximate surface area is 124 Å². The number of halogens is 2. The first kappa shape index (κ1) is 13.7. The maximum absolute atomic E-state index is 12.3. The summed E-state index contributed by atoms with van der Waals surface area (Å²) in [7, 11) is 0. The van der Waals surface area contributed by atoms with Crippen LogP contribution in [0.15, 0.2) is 13.6 Å². The highest BCUT2D eigenvalue weighted by atomic mass is 79.9. The molecule has 18 heavy (non-hydrogen) atoms. The van der Waals surface area contributed by atoms with Gasteiger partial charge in [-0.1, -0.05) is 0 Å². The van der Waals surface area contributed by atoms with Gasteiger partial charge in [-0.2, -0.15) is 0 Å². The molecule has 0 radical (unpaired) electrons. The number of carbonyl (C=O) groups is 3. The van der Waals surface area contributed by atoms with Crippen LogP contribution in [0, 0.1) is 0 Å². The van der Waals surface area contributed by atoms with Gasteiger partial charge in [-0.25, -0.2) is 0 Å². The van der Waals surface area contributed by atoms with E-state index in [1.54, 1.807) is 13.0 Å². The van der Waals surface area contributed by atoms with E-state index >= 15 is 0 Å². The first-order valence-corrected chi connectivity index (χ1v) is 7.40. The number of carbonyl (C=O) groups excluding carboxylic acids is 3. The summed E-state index contributed by atoms with van der Waals surface area (Å²) in [5.74, 6) is -1.25. The molecule has 1 aliphatic heterocycles. The van der Waals surface area contributed by atoms with Crippen molar-refractivity contribution >= 4 is 60.9 Å². The van der Waals surface area contributed by atoms with E-state index in [9.17, 15) is 14.4 Å². The molecule has 0 saturated carbocycles. The average Bonchev–Trinajstić information content (AvgIpc) is 2.62. The van der Waals surface area contributed by atoms with Crippen molar-refractivity contribution in [3.63, 3.8) is 0 Å². The van der Waals surface area contributed by atoms with Crippen molar-refractivity contribution in [2.75, 3.05) is 6.54 Å². The van der Waals surface area contributed by atoms with Gasteiger partial charge in [-0.05, 0) is 44.8 Å². The lowest BCUT2D eigenvalue weighted by Gasteiger charge is -2.31. The van der Waals surface area contributed by atoms with Gasteiger partial charge in [-0.3, -0.25) is 19.7 Å². The van der Waals surface area contributed by atoms with Gasteiger partial charge in [0.25, 0.3) is 5.91 Å². The van der Waals surface area contributed by atoms with E-state index in [4.69, 9.17) is 0 Å². The molecule has 0 bridgehead atoms. The Morgan fingerprint density at radius 1 is 1.50 bits per heavy atom. The molecular formula is C10H8Br2N2O3S. The number of nitrogens with one attached hydrogen (secondary N) is 1. The highest BCUT2D eigenvalue weighted by molar-refractivity contribution is 9.12. The number of nitrogens with zero attached hydrogens (tertiary/aromatic N) is 1. The van der Waals surface area contributed by atoms with Crippen LogP contribution in [0.1, 0.15) is 17.3 Å². The second-order valence-corrected chi connectivity index (χ2v) is 7.51. The summed E-state index contributed by atoms with van der Waals surface area (Å²) >= 11 is 7.94. The number of amides is 3. The molecule has 0 aliphatic carbocycles. The zero-order chi connectivity index (χ0) is 13.4. The Bertz CT molecular complexity index is 543. The summed E-state index contributed by atoms with van der Waals surface area (Å²) in [5, 5.41) is 2.20. The van der Waals surface area contributed by atoms with E-state index in [1.807, 2.05) is 0 Å². The lowest BCUT2D eigenvalue weighted by molar-refractivity contribution is -0.138. The van der Waals surface area contributed by atoms with Crippen LogP contribution in [0.3, 0.4) is 0 Å². The summed E-state index contributed by atoms with van der Waals surface area (Å²) < 4.78 is 1.48. The molecule has 2 heterocycles. The minimum absolute atomic E-state index is 0.106. The maximum atomic E-state index is 12.3. The first-order chi connectivity index (χ1) is 8.40. The molecule has 2 rings (SSSR count). The molecule has 3 amide bonds. The highest BCUT2D eigenvalue weighted by Crippen LogP contribution is 2.33. The zero-order valence-corrected chi connectivity index (χ0v) is 13.2. The van der Waals surface area contributed by atoms with E-state index in [1.165, 1.54) is 16.2 Å². The predicted octanol–water partition coefficient (Wildman–Crippen LogP) is 1.76. The van der Waals surface area contributed by atoms with Crippen molar-refractivity contribution in [3.05, 3.63) is 19.2 Å². The summed E-state index contributed by atoms with van der Waals surface area (Å²) in [4.78, 5) is 36.4. The van der Waals surface area contributed by atoms with Crippen LogP contribution >= 0.6 is 43.2 Å². The van der Waals surface area contributed by atoms with E-state index in [0.717, 1.165) is 3.79 Å². The Hall–Kier alpha value is -0.730. The molecule has 0 aromatic carbocycles. The van der Waals surface area contributed by atoms with E-state index in [-0.39, 0.29) is 12.5 Å².